The molecule has 1 aliphatic rings. The summed E-state index contributed by atoms with van der Waals surface area (Å²) in [6, 6.07) is 6.96. The Labute approximate surface area is 105 Å². The van der Waals surface area contributed by atoms with Gasteiger partial charge in [-0.1, -0.05) is 30.3 Å². The van der Waals surface area contributed by atoms with Crippen LogP contribution in [0.5, 0.6) is 0 Å². The van der Waals surface area contributed by atoms with Crippen LogP contribution in [0.15, 0.2) is 30.3 Å². The van der Waals surface area contributed by atoms with Gasteiger partial charge in [-0.05, 0) is 19.4 Å². The standard InChI is InChI=1S/C13H16F2N2O/c14-13(15,10-5-2-1-3-6-10)12(18)17-11-7-4-8-16-9-11/h1-3,5-6,11,16H,4,7-9H2,(H,17,18)/t11-/m0/s1. The van der Waals surface area contributed by atoms with Crippen LogP contribution < -0.4 is 10.6 Å². The van der Waals surface area contributed by atoms with Gasteiger partial charge in [0.2, 0.25) is 0 Å². The first kappa shape index (κ1) is 13.0. The lowest BCUT2D eigenvalue weighted by atomic mass is 10.0. The molecule has 18 heavy (non-hydrogen) atoms. The van der Waals surface area contributed by atoms with Crippen molar-refractivity contribution in [2.24, 2.45) is 0 Å². The SMILES string of the molecule is O=C(N[C@H]1CCCNC1)C(F)(F)c1ccccc1. The molecule has 0 spiro atoms. The number of alkyl halides is 2. The molecule has 1 saturated heterocycles. The summed E-state index contributed by atoms with van der Waals surface area (Å²) >= 11 is 0. The quantitative estimate of drug-likeness (QED) is 0.861. The van der Waals surface area contributed by atoms with Crippen LogP contribution in [0, 0.1) is 0 Å². The van der Waals surface area contributed by atoms with E-state index in [9.17, 15) is 13.6 Å². The Hall–Kier alpha value is -1.49. The molecule has 2 N–H and O–H groups in total. The van der Waals surface area contributed by atoms with Crippen LogP contribution in [0.2, 0.25) is 0 Å². The van der Waals surface area contributed by atoms with Crippen molar-refractivity contribution in [3.63, 3.8) is 0 Å². The molecule has 1 aromatic rings. The predicted molar refractivity (Wildman–Crippen MR) is 64.4 cm³/mol. The van der Waals surface area contributed by atoms with Gasteiger partial charge in [0.1, 0.15) is 0 Å². The Morgan fingerprint density at radius 1 is 1.33 bits per heavy atom. The lowest BCUT2D eigenvalue weighted by molar-refractivity contribution is -0.147. The summed E-state index contributed by atoms with van der Waals surface area (Å²) in [5.74, 6) is -4.69. The van der Waals surface area contributed by atoms with Crippen LogP contribution in [-0.2, 0) is 10.7 Å². The van der Waals surface area contributed by atoms with Crippen LogP contribution in [0.1, 0.15) is 18.4 Å². The van der Waals surface area contributed by atoms with Gasteiger partial charge in [-0.15, -0.1) is 0 Å². The van der Waals surface area contributed by atoms with Gasteiger partial charge in [-0.3, -0.25) is 4.79 Å². The third kappa shape index (κ3) is 2.85. The van der Waals surface area contributed by atoms with Gasteiger partial charge in [0, 0.05) is 18.2 Å². The van der Waals surface area contributed by atoms with Gasteiger partial charge in [-0.25, -0.2) is 0 Å². The van der Waals surface area contributed by atoms with Crippen LogP contribution in [0.3, 0.4) is 0 Å². The Bertz CT molecular complexity index is 403. The smallest absolute Gasteiger partial charge is 0.347 e. The molecule has 5 heteroatoms. The van der Waals surface area contributed by atoms with Crippen molar-refractivity contribution in [1.29, 1.82) is 0 Å². The molecule has 0 bridgehead atoms. The van der Waals surface area contributed by atoms with Gasteiger partial charge in [0.15, 0.2) is 0 Å². The molecule has 1 fully saturated rings. The van der Waals surface area contributed by atoms with Crippen LogP contribution in [0.25, 0.3) is 0 Å². The number of hydrogen-bond acceptors (Lipinski definition) is 2. The van der Waals surface area contributed by atoms with Gasteiger partial charge in [0.05, 0.1) is 0 Å². The number of nitrogens with one attached hydrogen (secondary N) is 2. The van der Waals surface area contributed by atoms with E-state index >= 15 is 0 Å². The highest BCUT2D eigenvalue weighted by molar-refractivity contribution is 5.85. The van der Waals surface area contributed by atoms with Crippen molar-refractivity contribution < 1.29 is 13.6 Å². The largest absolute Gasteiger partial charge is 0.349 e. The molecule has 2 rings (SSSR count). The van der Waals surface area contributed by atoms with Gasteiger partial charge < -0.3 is 10.6 Å². The highest BCUT2D eigenvalue weighted by Crippen LogP contribution is 2.28. The lowest BCUT2D eigenvalue weighted by Crippen LogP contribution is -2.50. The van der Waals surface area contributed by atoms with Gasteiger partial charge in [-0.2, -0.15) is 8.78 Å². The molecule has 98 valence electrons. The highest BCUT2D eigenvalue weighted by atomic mass is 19.3. The van der Waals surface area contributed by atoms with E-state index < -0.39 is 11.8 Å². The first-order valence-electron chi connectivity index (χ1n) is 6.06. The van der Waals surface area contributed by atoms with E-state index in [1.165, 1.54) is 24.3 Å². The summed E-state index contributed by atoms with van der Waals surface area (Å²) in [4.78, 5) is 11.6. The summed E-state index contributed by atoms with van der Waals surface area (Å²) in [5, 5.41) is 5.48. The fraction of sp³-hybridized carbons (Fsp3) is 0.462. The lowest BCUT2D eigenvalue weighted by Gasteiger charge is -2.26. The van der Waals surface area contributed by atoms with E-state index in [1.54, 1.807) is 6.07 Å². The number of benzene rings is 1. The molecule has 0 saturated carbocycles. The molecule has 0 aromatic heterocycles. The average Bonchev–Trinajstić information content (AvgIpc) is 2.41. The molecule has 1 atom stereocenters. The number of rotatable bonds is 3. The molecular formula is C13H16F2N2O. The molecular weight excluding hydrogens is 238 g/mol. The third-order valence-corrected chi connectivity index (χ3v) is 3.05. The van der Waals surface area contributed by atoms with E-state index in [0.717, 1.165) is 19.4 Å². The minimum absolute atomic E-state index is 0.208. The number of piperidine rings is 1. The summed E-state index contributed by atoms with van der Waals surface area (Å²) < 4.78 is 27.7. The van der Waals surface area contributed by atoms with Crippen molar-refractivity contribution >= 4 is 5.91 Å². The molecule has 1 aromatic carbocycles. The van der Waals surface area contributed by atoms with Crippen molar-refractivity contribution in [2.75, 3.05) is 13.1 Å². The van der Waals surface area contributed by atoms with Gasteiger partial charge >= 0.3 is 5.92 Å². The van der Waals surface area contributed by atoms with Crippen LogP contribution in [0.4, 0.5) is 8.78 Å². The second-order valence-corrected chi connectivity index (χ2v) is 4.46. The fourth-order valence-electron chi connectivity index (χ4n) is 2.03. The fourth-order valence-corrected chi connectivity index (χ4v) is 2.03. The van der Waals surface area contributed by atoms with E-state index in [1.807, 2.05) is 0 Å². The second kappa shape index (κ2) is 5.44. The maximum Gasteiger partial charge on any atom is 0.349 e. The van der Waals surface area contributed by atoms with Crippen molar-refractivity contribution in [2.45, 2.75) is 24.8 Å². The minimum Gasteiger partial charge on any atom is -0.347 e. The maximum atomic E-state index is 13.9. The molecule has 0 aliphatic carbocycles. The molecule has 0 radical (unpaired) electrons. The number of halogens is 2. The molecule has 1 aliphatic heterocycles. The second-order valence-electron chi connectivity index (χ2n) is 4.46. The Morgan fingerprint density at radius 2 is 2.06 bits per heavy atom. The minimum atomic E-state index is -3.47. The summed E-state index contributed by atoms with van der Waals surface area (Å²) in [6.45, 7) is 1.43. The number of carbonyl (C=O) groups excluding carboxylic acids is 1. The van der Waals surface area contributed by atoms with Gasteiger partial charge in [0.25, 0.3) is 5.91 Å². The first-order valence-corrected chi connectivity index (χ1v) is 6.06. The Kier molecular flexibility index (Phi) is 3.91. The predicted octanol–water partition coefficient (Wildman–Crippen LogP) is 1.65. The summed E-state index contributed by atoms with van der Waals surface area (Å²) in [5.41, 5.74) is -0.272. The zero-order valence-electron chi connectivity index (χ0n) is 9.96. The van der Waals surface area contributed by atoms with E-state index in [-0.39, 0.29) is 11.6 Å². The number of carbonyl (C=O) groups is 1. The summed E-state index contributed by atoms with van der Waals surface area (Å²) in [6.07, 6.45) is 1.63. The van der Waals surface area contributed by atoms with Crippen molar-refractivity contribution in [3.05, 3.63) is 35.9 Å². The van der Waals surface area contributed by atoms with Crippen molar-refractivity contribution in [3.8, 4) is 0 Å². The molecule has 1 amide bonds. The third-order valence-electron chi connectivity index (χ3n) is 3.05. The topological polar surface area (TPSA) is 41.1 Å². The Balaban J connectivity index is 2.03. The van der Waals surface area contributed by atoms with E-state index in [4.69, 9.17) is 0 Å². The normalized spacial score (nSPS) is 20.4. The molecule has 1 heterocycles. The number of hydrogen-bond donors (Lipinski definition) is 2. The van der Waals surface area contributed by atoms with Crippen LogP contribution >= 0.6 is 0 Å². The first-order chi connectivity index (χ1) is 8.60. The zero-order valence-corrected chi connectivity index (χ0v) is 9.96. The van der Waals surface area contributed by atoms with E-state index in [0.29, 0.717) is 6.54 Å². The Morgan fingerprint density at radius 3 is 2.67 bits per heavy atom. The average molecular weight is 254 g/mol. The van der Waals surface area contributed by atoms with Crippen LogP contribution in [-0.4, -0.2) is 25.0 Å². The summed E-state index contributed by atoms with van der Waals surface area (Å²) in [7, 11) is 0. The molecule has 3 nitrogen and oxygen atoms in total. The number of amides is 1. The molecule has 0 unspecified atom stereocenters. The highest BCUT2D eigenvalue weighted by Gasteiger charge is 2.41. The zero-order chi connectivity index (χ0) is 13.0. The monoisotopic (exact) mass is 254 g/mol. The van der Waals surface area contributed by atoms with E-state index in [2.05, 4.69) is 10.6 Å². The maximum absolute atomic E-state index is 13.9. The van der Waals surface area contributed by atoms with Crippen molar-refractivity contribution in [1.82, 2.24) is 10.6 Å².